The van der Waals surface area contributed by atoms with Gasteiger partial charge in [-0.25, -0.2) is 4.79 Å². The smallest absolute Gasteiger partial charge is 0.326 e. The fraction of sp³-hybridized carbons (Fsp3) is 0.462. The van der Waals surface area contributed by atoms with Crippen molar-refractivity contribution in [2.24, 2.45) is 0 Å². The highest BCUT2D eigenvalue weighted by molar-refractivity contribution is 9.10. The first-order valence-corrected chi connectivity index (χ1v) is 7.16. The number of carbonyl (C=O) groups excluding carboxylic acids is 1. The molecule has 0 spiro atoms. The molecule has 0 aliphatic carbocycles. The molecular formula is C13H15BrN2O4. The predicted octanol–water partition coefficient (Wildman–Crippen LogP) is 1.08. The Morgan fingerprint density at radius 3 is 2.85 bits per heavy atom. The van der Waals surface area contributed by atoms with Crippen LogP contribution in [0, 0.1) is 0 Å². The van der Waals surface area contributed by atoms with E-state index in [0.29, 0.717) is 19.4 Å². The summed E-state index contributed by atoms with van der Waals surface area (Å²) in [5, 5.41) is 9.04. The second-order valence-electron chi connectivity index (χ2n) is 4.71. The van der Waals surface area contributed by atoms with Gasteiger partial charge in [0.15, 0.2) is 0 Å². The summed E-state index contributed by atoms with van der Waals surface area (Å²) < 4.78 is 2.20. The molecule has 1 aromatic heterocycles. The molecule has 1 saturated heterocycles. The Bertz CT molecular complexity index is 584. The Labute approximate surface area is 124 Å². The summed E-state index contributed by atoms with van der Waals surface area (Å²) in [6, 6.07) is 2.34. The zero-order valence-electron chi connectivity index (χ0n) is 10.8. The highest BCUT2D eigenvalue weighted by atomic mass is 79.9. The van der Waals surface area contributed by atoms with Gasteiger partial charge in [-0.3, -0.25) is 9.59 Å². The standard InChI is InChI=1S/C13H15BrN2O4/c14-9-3-4-11(17)15(8-9)7-5-12(18)16-6-1-2-10(16)13(19)20/h3-4,8,10H,1-2,5-7H2,(H,19,20)/t10-/m0/s1. The fourth-order valence-electron chi connectivity index (χ4n) is 2.36. The van der Waals surface area contributed by atoms with E-state index in [1.807, 2.05) is 0 Å². The van der Waals surface area contributed by atoms with Crippen molar-refractivity contribution in [1.29, 1.82) is 0 Å². The molecule has 1 fully saturated rings. The molecule has 0 unspecified atom stereocenters. The van der Waals surface area contributed by atoms with Crippen LogP contribution in [0.3, 0.4) is 0 Å². The number of rotatable bonds is 4. The molecule has 108 valence electrons. The third-order valence-electron chi connectivity index (χ3n) is 3.37. The van der Waals surface area contributed by atoms with E-state index in [4.69, 9.17) is 5.11 Å². The summed E-state index contributed by atoms with van der Waals surface area (Å²) in [6.07, 6.45) is 2.95. The monoisotopic (exact) mass is 342 g/mol. The highest BCUT2D eigenvalue weighted by Gasteiger charge is 2.33. The lowest BCUT2D eigenvalue weighted by Gasteiger charge is -2.21. The van der Waals surface area contributed by atoms with Crippen molar-refractivity contribution in [2.75, 3.05) is 6.54 Å². The van der Waals surface area contributed by atoms with E-state index in [2.05, 4.69) is 15.9 Å². The van der Waals surface area contributed by atoms with Gasteiger partial charge in [-0.1, -0.05) is 0 Å². The minimum Gasteiger partial charge on any atom is -0.480 e. The van der Waals surface area contributed by atoms with Gasteiger partial charge in [0, 0.05) is 36.2 Å². The van der Waals surface area contributed by atoms with Crippen molar-refractivity contribution in [3.8, 4) is 0 Å². The lowest BCUT2D eigenvalue weighted by Crippen LogP contribution is -2.41. The van der Waals surface area contributed by atoms with Crippen molar-refractivity contribution < 1.29 is 14.7 Å². The first kappa shape index (κ1) is 14.8. The zero-order chi connectivity index (χ0) is 14.7. The summed E-state index contributed by atoms with van der Waals surface area (Å²) in [5.74, 6) is -1.18. The van der Waals surface area contributed by atoms with E-state index >= 15 is 0 Å². The second-order valence-corrected chi connectivity index (χ2v) is 5.63. The van der Waals surface area contributed by atoms with Crippen molar-refractivity contribution in [3.63, 3.8) is 0 Å². The largest absolute Gasteiger partial charge is 0.480 e. The SMILES string of the molecule is O=C(O)[C@@H]1CCCN1C(=O)CCn1cc(Br)ccc1=O. The fourth-order valence-corrected chi connectivity index (χ4v) is 2.74. The van der Waals surface area contributed by atoms with Crippen LogP contribution in [-0.4, -0.2) is 39.0 Å². The molecule has 1 atom stereocenters. The number of aliphatic carboxylic acids is 1. The molecule has 1 N–H and O–H groups in total. The van der Waals surface area contributed by atoms with Gasteiger partial charge in [0.05, 0.1) is 0 Å². The van der Waals surface area contributed by atoms with E-state index in [-0.39, 0.29) is 24.4 Å². The Kier molecular flexibility index (Phi) is 4.59. The molecule has 0 bridgehead atoms. The number of halogens is 1. The quantitative estimate of drug-likeness (QED) is 0.887. The average Bonchev–Trinajstić information content (AvgIpc) is 2.89. The van der Waals surface area contributed by atoms with Gasteiger partial charge in [-0.2, -0.15) is 0 Å². The van der Waals surface area contributed by atoms with Crippen LogP contribution in [0.5, 0.6) is 0 Å². The average molecular weight is 343 g/mol. The molecule has 2 heterocycles. The molecule has 7 heteroatoms. The summed E-state index contributed by atoms with van der Waals surface area (Å²) >= 11 is 3.27. The Hall–Kier alpha value is -1.63. The summed E-state index contributed by atoms with van der Waals surface area (Å²) in [7, 11) is 0. The van der Waals surface area contributed by atoms with Crippen molar-refractivity contribution in [1.82, 2.24) is 9.47 Å². The van der Waals surface area contributed by atoms with Crippen LogP contribution in [0.4, 0.5) is 0 Å². The Morgan fingerprint density at radius 2 is 2.15 bits per heavy atom. The Balaban J connectivity index is 2.00. The number of likely N-dealkylation sites (tertiary alicyclic amines) is 1. The molecular weight excluding hydrogens is 328 g/mol. The molecule has 0 aromatic carbocycles. The number of hydrogen-bond donors (Lipinski definition) is 1. The van der Waals surface area contributed by atoms with Crippen molar-refractivity contribution >= 4 is 27.8 Å². The molecule has 6 nitrogen and oxygen atoms in total. The summed E-state index contributed by atoms with van der Waals surface area (Å²) in [6.45, 7) is 0.725. The number of pyridine rings is 1. The topological polar surface area (TPSA) is 79.6 Å². The zero-order valence-corrected chi connectivity index (χ0v) is 12.4. The number of carboxylic acid groups (broad SMARTS) is 1. The van der Waals surface area contributed by atoms with Crippen molar-refractivity contribution in [3.05, 3.63) is 33.2 Å². The maximum atomic E-state index is 12.1. The van der Waals surface area contributed by atoms with Crippen LogP contribution >= 0.6 is 15.9 Å². The van der Waals surface area contributed by atoms with Crippen molar-refractivity contribution in [2.45, 2.75) is 31.8 Å². The van der Waals surface area contributed by atoms with E-state index in [0.717, 1.165) is 4.47 Å². The first-order chi connectivity index (χ1) is 9.49. The van der Waals surface area contributed by atoms with Crippen LogP contribution in [0.2, 0.25) is 0 Å². The molecule has 1 aliphatic heterocycles. The van der Waals surface area contributed by atoms with E-state index < -0.39 is 12.0 Å². The third-order valence-corrected chi connectivity index (χ3v) is 3.84. The number of aryl methyl sites for hydroxylation is 1. The van der Waals surface area contributed by atoms with Gasteiger partial charge in [0.25, 0.3) is 5.56 Å². The van der Waals surface area contributed by atoms with E-state index in [9.17, 15) is 14.4 Å². The number of aromatic nitrogens is 1. The summed E-state index contributed by atoms with van der Waals surface area (Å²) in [4.78, 5) is 36.1. The minimum absolute atomic E-state index is 0.125. The number of carbonyl (C=O) groups is 2. The molecule has 2 rings (SSSR count). The van der Waals surface area contributed by atoms with Crippen LogP contribution in [-0.2, 0) is 16.1 Å². The van der Waals surface area contributed by atoms with Gasteiger partial charge in [-0.05, 0) is 34.8 Å². The minimum atomic E-state index is -0.963. The van der Waals surface area contributed by atoms with Crippen LogP contribution in [0.25, 0.3) is 0 Å². The van der Waals surface area contributed by atoms with Gasteiger partial charge >= 0.3 is 5.97 Å². The predicted molar refractivity (Wildman–Crippen MR) is 75.4 cm³/mol. The lowest BCUT2D eigenvalue weighted by molar-refractivity contribution is -0.148. The van der Waals surface area contributed by atoms with E-state index in [1.165, 1.54) is 15.5 Å². The van der Waals surface area contributed by atoms with Gasteiger partial charge in [0.1, 0.15) is 6.04 Å². The van der Waals surface area contributed by atoms with Gasteiger partial charge < -0.3 is 14.6 Å². The maximum absolute atomic E-state index is 12.1. The van der Waals surface area contributed by atoms with Crippen LogP contribution < -0.4 is 5.56 Å². The maximum Gasteiger partial charge on any atom is 0.326 e. The van der Waals surface area contributed by atoms with Gasteiger partial charge in [0.2, 0.25) is 5.91 Å². The number of carboxylic acids is 1. The Morgan fingerprint density at radius 1 is 1.40 bits per heavy atom. The highest BCUT2D eigenvalue weighted by Crippen LogP contribution is 2.18. The number of hydrogen-bond acceptors (Lipinski definition) is 3. The van der Waals surface area contributed by atoms with E-state index in [1.54, 1.807) is 12.3 Å². The molecule has 1 aromatic rings. The van der Waals surface area contributed by atoms with Crippen LogP contribution in [0.1, 0.15) is 19.3 Å². The number of nitrogens with zero attached hydrogens (tertiary/aromatic N) is 2. The molecule has 0 saturated carbocycles. The lowest BCUT2D eigenvalue weighted by atomic mass is 10.2. The molecule has 20 heavy (non-hydrogen) atoms. The number of amides is 1. The first-order valence-electron chi connectivity index (χ1n) is 6.37. The van der Waals surface area contributed by atoms with Gasteiger partial charge in [-0.15, -0.1) is 0 Å². The molecule has 0 radical (unpaired) electrons. The normalized spacial score (nSPS) is 18.2. The third kappa shape index (κ3) is 3.27. The summed E-state index contributed by atoms with van der Waals surface area (Å²) in [5.41, 5.74) is -0.183. The molecule has 1 aliphatic rings. The van der Waals surface area contributed by atoms with Crippen LogP contribution in [0.15, 0.2) is 27.6 Å². The molecule has 1 amide bonds. The second kappa shape index (κ2) is 6.21.